The summed E-state index contributed by atoms with van der Waals surface area (Å²) in [5.74, 6) is -0.272. The number of ether oxygens (including phenoxy) is 1. The number of methoxy groups -OCH3 is 1. The molecule has 0 aliphatic carbocycles. The van der Waals surface area contributed by atoms with Crippen molar-refractivity contribution in [1.29, 1.82) is 0 Å². The van der Waals surface area contributed by atoms with Gasteiger partial charge in [-0.2, -0.15) is 0 Å². The SMILES string of the molecule is COc1ccc(CCCNC(=O)c2cccc(S(=O)(=O)Nc3ccccc3F)c2)cc1. The number of aryl methyl sites for hydroxylation is 1. The van der Waals surface area contributed by atoms with Gasteiger partial charge in [0, 0.05) is 12.1 Å². The van der Waals surface area contributed by atoms with Crippen LogP contribution in [0.25, 0.3) is 0 Å². The first kappa shape index (κ1) is 22.3. The van der Waals surface area contributed by atoms with Crippen LogP contribution in [0.3, 0.4) is 0 Å². The number of carbonyl (C=O) groups excluding carboxylic acids is 1. The third kappa shape index (κ3) is 6.05. The normalized spacial score (nSPS) is 11.0. The number of carbonyl (C=O) groups is 1. The summed E-state index contributed by atoms with van der Waals surface area (Å²) in [6, 6.07) is 18.8. The molecular weight excluding hydrogens is 419 g/mol. The van der Waals surface area contributed by atoms with E-state index in [-0.39, 0.29) is 22.1 Å². The third-order valence-corrected chi connectivity index (χ3v) is 5.97. The number of sulfonamides is 1. The van der Waals surface area contributed by atoms with Gasteiger partial charge < -0.3 is 10.1 Å². The first-order chi connectivity index (χ1) is 14.9. The van der Waals surface area contributed by atoms with E-state index in [1.54, 1.807) is 7.11 Å². The highest BCUT2D eigenvalue weighted by molar-refractivity contribution is 7.92. The summed E-state index contributed by atoms with van der Waals surface area (Å²) in [7, 11) is -2.43. The molecule has 8 heteroatoms. The Kier molecular flexibility index (Phi) is 7.25. The van der Waals surface area contributed by atoms with E-state index in [0.717, 1.165) is 30.2 Å². The molecule has 0 bridgehead atoms. The molecule has 0 unspecified atom stereocenters. The van der Waals surface area contributed by atoms with Crippen molar-refractivity contribution < 1.29 is 22.3 Å². The number of amides is 1. The van der Waals surface area contributed by atoms with Crippen LogP contribution in [0.4, 0.5) is 10.1 Å². The molecule has 1 amide bonds. The van der Waals surface area contributed by atoms with Gasteiger partial charge in [-0.1, -0.05) is 30.3 Å². The van der Waals surface area contributed by atoms with E-state index < -0.39 is 15.8 Å². The molecule has 2 N–H and O–H groups in total. The molecular formula is C23H23FN2O4S. The summed E-state index contributed by atoms with van der Waals surface area (Å²) >= 11 is 0. The quantitative estimate of drug-likeness (QED) is 0.491. The Balaban J connectivity index is 1.58. The fourth-order valence-corrected chi connectivity index (χ4v) is 4.05. The van der Waals surface area contributed by atoms with Gasteiger partial charge >= 0.3 is 0 Å². The van der Waals surface area contributed by atoms with Crippen LogP contribution in [0.2, 0.25) is 0 Å². The predicted molar refractivity (Wildman–Crippen MR) is 117 cm³/mol. The molecule has 31 heavy (non-hydrogen) atoms. The molecule has 0 radical (unpaired) electrons. The Morgan fingerprint density at radius 1 is 1.00 bits per heavy atom. The zero-order valence-corrected chi connectivity index (χ0v) is 17.8. The van der Waals surface area contributed by atoms with Gasteiger partial charge in [-0.3, -0.25) is 9.52 Å². The van der Waals surface area contributed by atoms with Gasteiger partial charge in [-0.05, 0) is 60.9 Å². The minimum Gasteiger partial charge on any atom is -0.497 e. The fourth-order valence-electron chi connectivity index (χ4n) is 2.94. The fraction of sp³-hybridized carbons (Fsp3) is 0.174. The molecule has 0 aromatic heterocycles. The first-order valence-electron chi connectivity index (χ1n) is 9.67. The van der Waals surface area contributed by atoms with Crippen LogP contribution >= 0.6 is 0 Å². The van der Waals surface area contributed by atoms with E-state index in [1.165, 1.54) is 42.5 Å². The summed E-state index contributed by atoms with van der Waals surface area (Å²) in [5, 5.41) is 2.79. The van der Waals surface area contributed by atoms with Crippen molar-refractivity contribution in [3.05, 3.63) is 89.7 Å². The van der Waals surface area contributed by atoms with Gasteiger partial charge in [0.25, 0.3) is 15.9 Å². The molecule has 6 nitrogen and oxygen atoms in total. The summed E-state index contributed by atoms with van der Waals surface area (Å²) in [6.07, 6.45) is 1.51. The van der Waals surface area contributed by atoms with Crippen LogP contribution in [-0.2, 0) is 16.4 Å². The second-order valence-electron chi connectivity index (χ2n) is 6.82. The minimum atomic E-state index is -4.04. The predicted octanol–water partition coefficient (Wildman–Crippen LogP) is 4.00. The maximum absolute atomic E-state index is 13.8. The lowest BCUT2D eigenvalue weighted by Crippen LogP contribution is -2.25. The molecule has 0 aliphatic rings. The number of hydrogen-bond donors (Lipinski definition) is 2. The molecule has 3 aromatic carbocycles. The maximum atomic E-state index is 13.8. The second-order valence-corrected chi connectivity index (χ2v) is 8.50. The van der Waals surface area contributed by atoms with E-state index >= 15 is 0 Å². The largest absolute Gasteiger partial charge is 0.497 e. The average Bonchev–Trinajstić information content (AvgIpc) is 2.78. The summed E-state index contributed by atoms with van der Waals surface area (Å²) < 4.78 is 46.3. The second kappa shape index (κ2) is 10.1. The van der Waals surface area contributed by atoms with Crippen LogP contribution < -0.4 is 14.8 Å². The molecule has 0 saturated heterocycles. The number of hydrogen-bond acceptors (Lipinski definition) is 4. The van der Waals surface area contributed by atoms with Crippen LogP contribution in [0.5, 0.6) is 5.75 Å². The molecule has 162 valence electrons. The molecule has 0 spiro atoms. The Morgan fingerprint density at radius 2 is 1.74 bits per heavy atom. The smallest absolute Gasteiger partial charge is 0.262 e. The highest BCUT2D eigenvalue weighted by Crippen LogP contribution is 2.19. The number of anilines is 1. The Hall–Kier alpha value is -3.39. The van der Waals surface area contributed by atoms with Crippen molar-refractivity contribution in [2.45, 2.75) is 17.7 Å². The molecule has 3 rings (SSSR count). The molecule has 0 fully saturated rings. The maximum Gasteiger partial charge on any atom is 0.262 e. The molecule has 0 saturated carbocycles. The van der Waals surface area contributed by atoms with Gasteiger partial charge in [0.15, 0.2) is 0 Å². The summed E-state index contributed by atoms with van der Waals surface area (Å²) in [5.41, 5.74) is 1.18. The first-order valence-corrected chi connectivity index (χ1v) is 11.2. The van der Waals surface area contributed by atoms with Crippen molar-refractivity contribution in [3.63, 3.8) is 0 Å². The molecule has 0 heterocycles. The minimum absolute atomic E-state index is 0.123. The van der Waals surface area contributed by atoms with Crippen molar-refractivity contribution in [2.24, 2.45) is 0 Å². The molecule has 3 aromatic rings. The lowest BCUT2D eigenvalue weighted by atomic mass is 10.1. The Morgan fingerprint density at radius 3 is 2.45 bits per heavy atom. The number of nitrogens with one attached hydrogen (secondary N) is 2. The number of rotatable bonds is 9. The van der Waals surface area contributed by atoms with E-state index in [0.29, 0.717) is 6.54 Å². The van der Waals surface area contributed by atoms with Crippen LogP contribution in [-0.4, -0.2) is 28.0 Å². The lowest BCUT2D eigenvalue weighted by molar-refractivity contribution is 0.0953. The number of benzene rings is 3. The van der Waals surface area contributed by atoms with E-state index in [9.17, 15) is 17.6 Å². The molecule has 0 atom stereocenters. The van der Waals surface area contributed by atoms with Gasteiger partial charge in [0.1, 0.15) is 11.6 Å². The standard InChI is InChI=1S/C23H23FN2O4S/c1-30-19-13-11-17(12-14-19)6-5-15-25-23(27)18-7-4-8-20(16-18)31(28,29)26-22-10-3-2-9-21(22)24/h2-4,7-14,16,26H,5-6,15H2,1H3,(H,25,27). The van der Waals surface area contributed by atoms with Gasteiger partial charge in [-0.25, -0.2) is 12.8 Å². The zero-order chi connectivity index (χ0) is 22.3. The van der Waals surface area contributed by atoms with Crippen molar-refractivity contribution >= 4 is 21.6 Å². The van der Waals surface area contributed by atoms with Crippen molar-refractivity contribution in [3.8, 4) is 5.75 Å². The third-order valence-electron chi connectivity index (χ3n) is 4.61. The monoisotopic (exact) mass is 442 g/mol. The Bertz CT molecular complexity index is 1150. The lowest BCUT2D eigenvalue weighted by Gasteiger charge is -2.10. The average molecular weight is 443 g/mol. The summed E-state index contributed by atoms with van der Waals surface area (Å²) in [6.45, 7) is 0.440. The van der Waals surface area contributed by atoms with Crippen LogP contribution in [0, 0.1) is 5.82 Å². The van der Waals surface area contributed by atoms with Gasteiger partial charge in [0.05, 0.1) is 17.7 Å². The Labute approximate surface area is 181 Å². The topological polar surface area (TPSA) is 84.5 Å². The van der Waals surface area contributed by atoms with Gasteiger partial charge in [0.2, 0.25) is 0 Å². The van der Waals surface area contributed by atoms with Gasteiger partial charge in [-0.15, -0.1) is 0 Å². The zero-order valence-electron chi connectivity index (χ0n) is 17.0. The highest BCUT2D eigenvalue weighted by Gasteiger charge is 2.18. The van der Waals surface area contributed by atoms with Crippen LogP contribution in [0.15, 0.2) is 77.7 Å². The number of para-hydroxylation sites is 1. The summed E-state index contributed by atoms with van der Waals surface area (Å²) in [4.78, 5) is 12.3. The highest BCUT2D eigenvalue weighted by atomic mass is 32.2. The van der Waals surface area contributed by atoms with E-state index in [1.807, 2.05) is 24.3 Å². The van der Waals surface area contributed by atoms with E-state index in [4.69, 9.17) is 4.74 Å². The van der Waals surface area contributed by atoms with E-state index in [2.05, 4.69) is 10.0 Å². The number of halogens is 1. The van der Waals surface area contributed by atoms with Crippen molar-refractivity contribution in [1.82, 2.24) is 5.32 Å². The van der Waals surface area contributed by atoms with Crippen molar-refractivity contribution in [2.75, 3.05) is 18.4 Å². The van der Waals surface area contributed by atoms with Crippen LogP contribution in [0.1, 0.15) is 22.3 Å². The molecule has 0 aliphatic heterocycles.